The Kier molecular flexibility index (Phi) is 5.41. The second kappa shape index (κ2) is 8.09. The van der Waals surface area contributed by atoms with E-state index in [-0.39, 0.29) is 5.78 Å². The number of carbonyl (C=O) groups excluding carboxylic acids is 2. The van der Waals surface area contributed by atoms with Crippen molar-refractivity contribution in [3.05, 3.63) is 71.9 Å². The van der Waals surface area contributed by atoms with E-state index in [4.69, 9.17) is 4.74 Å². The number of methoxy groups -OCH3 is 1. The van der Waals surface area contributed by atoms with E-state index in [0.717, 1.165) is 5.69 Å². The van der Waals surface area contributed by atoms with Crippen molar-refractivity contribution >= 4 is 34.9 Å². The fourth-order valence-electron chi connectivity index (χ4n) is 2.40. The van der Waals surface area contributed by atoms with Crippen LogP contribution in [0.1, 0.15) is 27.6 Å². The number of benzene rings is 2. The molecule has 0 unspecified atom stereocenters. The minimum absolute atomic E-state index is 0.0178. The van der Waals surface area contributed by atoms with Crippen molar-refractivity contribution in [3.8, 4) is 0 Å². The Labute approximate surface area is 156 Å². The molecular weight excluding hydrogens is 344 g/mol. The van der Waals surface area contributed by atoms with Gasteiger partial charge in [0, 0.05) is 23.1 Å². The molecule has 7 heteroatoms. The Balaban J connectivity index is 1.74. The third-order valence-corrected chi connectivity index (χ3v) is 3.76. The van der Waals surface area contributed by atoms with Crippen LogP contribution < -0.4 is 10.6 Å². The molecule has 0 aliphatic heterocycles. The summed E-state index contributed by atoms with van der Waals surface area (Å²) >= 11 is 0. The number of ketones is 1. The van der Waals surface area contributed by atoms with E-state index in [9.17, 15) is 9.59 Å². The predicted molar refractivity (Wildman–Crippen MR) is 103 cm³/mol. The first-order chi connectivity index (χ1) is 13.0. The van der Waals surface area contributed by atoms with Gasteiger partial charge in [0.25, 0.3) is 0 Å². The zero-order valence-corrected chi connectivity index (χ0v) is 14.9. The molecule has 0 fully saturated rings. The molecular formula is C20H18N4O3. The van der Waals surface area contributed by atoms with Crippen molar-refractivity contribution < 1.29 is 14.3 Å². The summed E-state index contributed by atoms with van der Waals surface area (Å²) in [6.45, 7) is 1.53. The fourth-order valence-corrected chi connectivity index (χ4v) is 2.40. The van der Waals surface area contributed by atoms with Gasteiger partial charge in [-0.2, -0.15) is 4.98 Å². The number of aromatic nitrogens is 2. The van der Waals surface area contributed by atoms with Crippen LogP contribution in [0.25, 0.3) is 0 Å². The van der Waals surface area contributed by atoms with Crippen LogP contribution in [0.15, 0.2) is 60.8 Å². The van der Waals surface area contributed by atoms with Gasteiger partial charge in [0.2, 0.25) is 5.95 Å². The molecule has 2 N–H and O–H groups in total. The Hall–Kier alpha value is -3.74. The first-order valence-electron chi connectivity index (χ1n) is 8.21. The number of hydrogen-bond acceptors (Lipinski definition) is 7. The minimum Gasteiger partial charge on any atom is -0.465 e. The molecule has 0 saturated heterocycles. The lowest BCUT2D eigenvalue weighted by atomic mass is 10.1. The quantitative estimate of drug-likeness (QED) is 0.506. The third kappa shape index (κ3) is 4.66. The van der Waals surface area contributed by atoms with Crippen LogP contribution >= 0.6 is 0 Å². The highest BCUT2D eigenvalue weighted by Gasteiger charge is 2.07. The Morgan fingerprint density at radius 2 is 1.70 bits per heavy atom. The van der Waals surface area contributed by atoms with Gasteiger partial charge in [-0.15, -0.1) is 0 Å². The normalized spacial score (nSPS) is 10.1. The molecule has 0 radical (unpaired) electrons. The van der Waals surface area contributed by atoms with E-state index in [1.54, 1.807) is 48.7 Å². The first-order valence-corrected chi connectivity index (χ1v) is 8.21. The average molecular weight is 362 g/mol. The van der Waals surface area contributed by atoms with Crippen LogP contribution in [0.3, 0.4) is 0 Å². The molecule has 0 atom stereocenters. The van der Waals surface area contributed by atoms with Gasteiger partial charge in [0.05, 0.1) is 12.7 Å². The van der Waals surface area contributed by atoms with Gasteiger partial charge >= 0.3 is 5.97 Å². The van der Waals surface area contributed by atoms with Crippen molar-refractivity contribution in [3.63, 3.8) is 0 Å². The molecule has 3 aromatic rings. The minimum atomic E-state index is -0.413. The lowest BCUT2D eigenvalue weighted by Crippen LogP contribution is -2.03. The van der Waals surface area contributed by atoms with Gasteiger partial charge in [0.15, 0.2) is 5.78 Å². The highest BCUT2D eigenvalue weighted by atomic mass is 16.5. The maximum Gasteiger partial charge on any atom is 0.337 e. The topological polar surface area (TPSA) is 93.2 Å². The summed E-state index contributed by atoms with van der Waals surface area (Å²) in [4.78, 5) is 31.6. The maximum atomic E-state index is 11.6. The van der Waals surface area contributed by atoms with Crippen LogP contribution in [0, 0.1) is 0 Å². The second-order valence-electron chi connectivity index (χ2n) is 5.72. The smallest absolute Gasteiger partial charge is 0.337 e. The second-order valence-corrected chi connectivity index (χ2v) is 5.72. The summed E-state index contributed by atoms with van der Waals surface area (Å²) in [5.41, 5.74) is 2.55. The number of hydrogen-bond donors (Lipinski definition) is 2. The van der Waals surface area contributed by atoms with Gasteiger partial charge in [-0.25, -0.2) is 9.78 Å². The number of esters is 1. The largest absolute Gasteiger partial charge is 0.465 e. The van der Waals surface area contributed by atoms with E-state index >= 15 is 0 Å². The number of carbonyl (C=O) groups is 2. The molecule has 0 spiro atoms. The summed E-state index contributed by atoms with van der Waals surface area (Å²) in [6, 6.07) is 15.7. The Bertz CT molecular complexity index is 971. The molecule has 27 heavy (non-hydrogen) atoms. The zero-order chi connectivity index (χ0) is 19.2. The molecule has 0 amide bonds. The van der Waals surface area contributed by atoms with Crippen LogP contribution in [-0.4, -0.2) is 28.8 Å². The molecule has 136 valence electrons. The molecule has 2 aromatic carbocycles. The van der Waals surface area contributed by atoms with Gasteiger partial charge in [-0.1, -0.05) is 6.07 Å². The van der Waals surface area contributed by atoms with Gasteiger partial charge in [-0.3, -0.25) is 4.79 Å². The summed E-state index contributed by atoms with van der Waals surface area (Å²) in [5, 5.41) is 6.22. The monoisotopic (exact) mass is 362 g/mol. The predicted octanol–water partition coefficient (Wildman–Crippen LogP) is 3.95. The standard InChI is InChI=1S/C20H18N4O3/c1-13(25)14-6-8-16(9-7-14)22-18-10-11-21-20(24-18)23-17-5-3-4-15(12-17)19(26)27-2/h3-12H,1-2H3,(H2,21,22,23,24). The van der Waals surface area contributed by atoms with E-state index < -0.39 is 5.97 Å². The maximum absolute atomic E-state index is 11.6. The van der Waals surface area contributed by atoms with Crippen LogP contribution in [0.4, 0.5) is 23.1 Å². The average Bonchev–Trinajstić information content (AvgIpc) is 2.68. The molecule has 0 saturated carbocycles. The molecule has 7 nitrogen and oxygen atoms in total. The molecule has 0 aliphatic carbocycles. The highest BCUT2D eigenvalue weighted by molar-refractivity contribution is 5.94. The Morgan fingerprint density at radius 1 is 0.926 bits per heavy atom. The summed E-state index contributed by atoms with van der Waals surface area (Å²) < 4.78 is 4.72. The van der Waals surface area contributed by atoms with Crippen molar-refractivity contribution in [1.29, 1.82) is 0 Å². The van der Waals surface area contributed by atoms with Crippen molar-refractivity contribution in [1.82, 2.24) is 9.97 Å². The summed E-state index contributed by atoms with van der Waals surface area (Å²) in [5.74, 6) is 0.572. The summed E-state index contributed by atoms with van der Waals surface area (Å²) in [6.07, 6.45) is 1.62. The van der Waals surface area contributed by atoms with E-state index in [0.29, 0.717) is 28.6 Å². The SMILES string of the molecule is COC(=O)c1cccc(Nc2nccc(Nc3ccc(C(C)=O)cc3)n2)c1. The van der Waals surface area contributed by atoms with Crippen molar-refractivity contribution in [2.45, 2.75) is 6.92 Å². The molecule has 0 aliphatic rings. The highest BCUT2D eigenvalue weighted by Crippen LogP contribution is 2.19. The van der Waals surface area contributed by atoms with Gasteiger partial charge < -0.3 is 15.4 Å². The van der Waals surface area contributed by atoms with E-state index in [1.165, 1.54) is 14.0 Å². The number of ether oxygens (including phenoxy) is 1. The van der Waals surface area contributed by atoms with Gasteiger partial charge in [0.1, 0.15) is 5.82 Å². The van der Waals surface area contributed by atoms with Crippen LogP contribution in [-0.2, 0) is 4.74 Å². The number of Topliss-reactive ketones (excluding diaryl/α,β-unsaturated/α-hetero) is 1. The van der Waals surface area contributed by atoms with Gasteiger partial charge in [-0.05, 0) is 55.5 Å². The molecule has 1 aromatic heterocycles. The van der Waals surface area contributed by atoms with Crippen LogP contribution in [0.2, 0.25) is 0 Å². The van der Waals surface area contributed by atoms with E-state index in [1.807, 2.05) is 12.1 Å². The zero-order valence-electron chi connectivity index (χ0n) is 14.9. The number of anilines is 4. The molecule has 1 heterocycles. The fraction of sp³-hybridized carbons (Fsp3) is 0.100. The third-order valence-electron chi connectivity index (χ3n) is 3.76. The number of nitrogens with zero attached hydrogens (tertiary/aromatic N) is 2. The van der Waals surface area contributed by atoms with Crippen molar-refractivity contribution in [2.24, 2.45) is 0 Å². The first kappa shape index (κ1) is 18.1. The van der Waals surface area contributed by atoms with Crippen LogP contribution in [0.5, 0.6) is 0 Å². The number of nitrogens with one attached hydrogen (secondary N) is 2. The lowest BCUT2D eigenvalue weighted by Gasteiger charge is -2.09. The summed E-state index contributed by atoms with van der Waals surface area (Å²) in [7, 11) is 1.34. The molecule has 3 rings (SSSR count). The molecule has 0 bridgehead atoms. The van der Waals surface area contributed by atoms with Crippen molar-refractivity contribution in [2.75, 3.05) is 17.7 Å². The number of rotatable bonds is 6. The van der Waals surface area contributed by atoms with E-state index in [2.05, 4.69) is 20.6 Å². The lowest BCUT2D eigenvalue weighted by molar-refractivity contribution is 0.0600. The Morgan fingerprint density at radius 3 is 2.41 bits per heavy atom.